The Labute approximate surface area is 192 Å². The maximum absolute atomic E-state index is 12.8. The minimum atomic E-state index is -0.660. The number of esters is 2. The highest BCUT2D eigenvalue weighted by Crippen LogP contribution is 2.33. The van der Waals surface area contributed by atoms with Crippen molar-refractivity contribution in [2.75, 3.05) is 19.0 Å². The number of amides is 2. The van der Waals surface area contributed by atoms with Crippen LogP contribution in [0.4, 0.5) is 4.79 Å². The average molecular weight is 473 g/mol. The number of thioether (sulfide) groups is 1. The number of carbonyl (C=O) groups excluding carboxylic acids is 3. The van der Waals surface area contributed by atoms with Gasteiger partial charge in [0.15, 0.2) is 0 Å². The second-order valence-electron chi connectivity index (χ2n) is 6.33. The summed E-state index contributed by atoms with van der Waals surface area (Å²) in [7, 11) is 0. The zero-order valence-electron chi connectivity index (χ0n) is 17.3. The average Bonchev–Trinajstić information content (AvgIpc) is 3.32. The Bertz CT molecular complexity index is 1090. The first-order valence-electron chi connectivity index (χ1n) is 9.70. The molecule has 3 heterocycles. The van der Waals surface area contributed by atoms with Crippen LogP contribution in [0.25, 0.3) is 0 Å². The SMILES string of the molecule is CCOC(=O)C1=C(CSc2nc(C(=O)OCC)ccc2C#N)NC(=O)NC1c1cccs1. The van der Waals surface area contributed by atoms with E-state index >= 15 is 0 Å². The number of urea groups is 1. The van der Waals surface area contributed by atoms with E-state index in [0.717, 1.165) is 16.6 Å². The molecule has 1 unspecified atom stereocenters. The van der Waals surface area contributed by atoms with E-state index in [1.165, 1.54) is 23.5 Å². The van der Waals surface area contributed by atoms with Crippen molar-refractivity contribution >= 4 is 41.1 Å². The highest BCUT2D eigenvalue weighted by atomic mass is 32.2. The molecule has 0 bridgehead atoms. The largest absolute Gasteiger partial charge is 0.463 e. The molecule has 32 heavy (non-hydrogen) atoms. The van der Waals surface area contributed by atoms with Crippen molar-refractivity contribution in [3.8, 4) is 6.07 Å². The minimum absolute atomic E-state index is 0.0683. The Morgan fingerprint density at radius 2 is 1.97 bits per heavy atom. The third-order valence-corrected chi connectivity index (χ3v) is 6.25. The summed E-state index contributed by atoms with van der Waals surface area (Å²) in [5.74, 6) is -1.03. The third-order valence-electron chi connectivity index (χ3n) is 4.30. The van der Waals surface area contributed by atoms with Crippen LogP contribution in [-0.4, -0.2) is 41.9 Å². The molecule has 166 valence electrons. The van der Waals surface area contributed by atoms with Crippen LogP contribution in [0.3, 0.4) is 0 Å². The number of aromatic nitrogens is 1. The fraction of sp³-hybridized carbons (Fsp3) is 0.286. The van der Waals surface area contributed by atoms with Gasteiger partial charge in [-0.1, -0.05) is 17.8 Å². The van der Waals surface area contributed by atoms with Gasteiger partial charge in [0.25, 0.3) is 0 Å². The molecular formula is C21H20N4O5S2. The van der Waals surface area contributed by atoms with Gasteiger partial charge in [-0.3, -0.25) is 0 Å². The molecule has 2 N–H and O–H groups in total. The van der Waals surface area contributed by atoms with E-state index in [9.17, 15) is 19.6 Å². The molecule has 9 nitrogen and oxygen atoms in total. The van der Waals surface area contributed by atoms with Crippen LogP contribution >= 0.6 is 23.1 Å². The van der Waals surface area contributed by atoms with Gasteiger partial charge in [-0.15, -0.1) is 11.3 Å². The molecule has 3 rings (SSSR count). The number of pyridine rings is 1. The zero-order valence-corrected chi connectivity index (χ0v) is 19.0. The molecule has 0 saturated carbocycles. The second kappa shape index (κ2) is 10.8. The van der Waals surface area contributed by atoms with Crippen LogP contribution in [0.15, 0.2) is 45.9 Å². The molecule has 11 heteroatoms. The van der Waals surface area contributed by atoms with Crippen LogP contribution in [0, 0.1) is 11.3 Å². The third kappa shape index (κ3) is 5.27. The normalized spacial score (nSPS) is 15.4. The minimum Gasteiger partial charge on any atom is -0.463 e. The van der Waals surface area contributed by atoms with Crippen molar-refractivity contribution in [1.82, 2.24) is 15.6 Å². The lowest BCUT2D eigenvalue weighted by molar-refractivity contribution is -0.139. The van der Waals surface area contributed by atoms with Crippen LogP contribution < -0.4 is 10.6 Å². The highest BCUT2D eigenvalue weighted by molar-refractivity contribution is 7.99. The Balaban J connectivity index is 1.95. The van der Waals surface area contributed by atoms with Gasteiger partial charge < -0.3 is 20.1 Å². The Hall–Kier alpha value is -3.36. The van der Waals surface area contributed by atoms with Crippen molar-refractivity contribution in [2.24, 2.45) is 0 Å². The summed E-state index contributed by atoms with van der Waals surface area (Å²) in [5.41, 5.74) is 0.958. The van der Waals surface area contributed by atoms with Gasteiger partial charge in [-0.25, -0.2) is 19.4 Å². The standard InChI is InChI=1S/C21H20N4O5S2/c1-3-29-19(26)13-8-7-12(10-22)18(23-13)32-11-14-16(20(27)30-4-2)17(25-21(28)24-14)15-6-5-9-31-15/h5-9,17H,3-4,11H2,1-2H3,(H2,24,25,28). The van der Waals surface area contributed by atoms with E-state index in [4.69, 9.17) is 9.47 Å². The Morgan fingerprint density at radius 3 is 2.62 bits per heavy atom. The quantitative estimate of drug-likeness (QED) is 0.443. The molecule has 1 atom stereocenters. The highest BCUT2D eigenvalue weighted by Gasteiger charge is 2.34. The summed E-state index contributed by atoms with van der Waals surface area (Å²) in [6, 6.07) is 7.47. The van der Waals surface area contributed by atoms with Crippen molar-refractivity contribution in [2.45, 2.75) is 24.9 Å². The van der Waals surface area contributed by atoms with Crippen molar-refractivity contribution < 1.29 is 23.9 Å². The maximum Gasteiger partial charge on any atom is 0.356 e. The molecular weight excluding hydrogens is 452 g/mol. The molecule has 2 amide bonds. The summed E-state index contributed by atoms with van der Waals surface area (Å²) < 4.78 is 10.2. The van der Waals surface area contributed by atoms with Gasteiger partial charge in [-0.05, 0) is 37.4 Å². The topological polar surface area (TPSA) is 130 Å². The van der Waals surface area contributed by atoms with Crippen molar-refractivity contribution in [3.63, 3.8) is 0 Å². The van der Waals surface area contributed by atoms with Gasteiger partial charge in [0.1, 0.15) is 16.8 Å². The summed E-state index contributed by atoms with van der Waals surface area (Å²) in [6.45, 7) is 3.76. The summed E-state index contributed by atoms with van der Waals surface area (Å²) in [4.78, 5) is 42.1. The first-order chi connectivity index (χ1) is 15.5. The lowest BCUT2D eigenvalue weighted by Crippen LogP contribution is -2.46. The van der Waals surface area contributed by atoms with Crippen LogP contribution in [0.5, 0.6) is 0 Å². The molecule has 0 saturated heterocycles. The van der Waals surface area contributed by atoms with E-state index in [2.05, 4.69) is 15.6 Å². The number of nitriles is 1. The summed E-state index contributed by atoms with van der Waals surface area (Å²) in [6.07, 6.45) is 0. The number of nitrogens with one attached hydrogen (secondary N) is 2. The number of ether oxygens (including phenoxy) is 2. The summed E-state index contributed by atoms with van der Waals surface area (Å²) in [5, 5.41) is 17.0. The fourth-order valence-electron chi connectivity index (χ4n) is 2.95. The van der Waals surface area contributed by atoms with Gasteiger partial charge in [0.2, 0.25) is 0 Å². The molecule has 0 radical (unpaired) electrons. The molecule has 0 aromatic carbocycles. The Morgan fingerprint density at radius 1 is 1.22 bits per heavy atom. The second-order valence-corrected chi connectivity index (χ2v) is 8.27. The lowest BCUT2D eigenvalue weighted by Gasteiger charge is -2.28. The monoisotopic (exact) mass is 472 g/mol. The number of hydrogen-bond donors (Lipinski definition) is 2. The number of nitrogens with zero attached hydrogens (tertiary/aromatic N) is 2. The molecule has 2 aromatic heterocycles. The smallest absolute Gasteiger partial charge is 0.356 e. The van der Waals surface area contributed by atoms with Crippen molar-refractivity contribution in [1.29, 1.82) is 5.26 Å². The van der Waals surface area contributed by atoms with Gasteiger partial charge >= 0.3 is 18.0 Å². The first kappa shape index (κ1) is 23.3. The molecule has 1 aliphatic heterocycles. The maximum atomic E-state index is 12.8. The number of hydrogen-bond acceptors (Lipinski definition) is 9. The predicted octanol–water partition coefficient (Wildman–Crippen LogP) is 3.15. The fourth-order valence-corrected chi connectivity index (χ4v) is 4.67. The first-order valence-corrected chi connectivity index (χ1v) is 11.6. The molecule has 1 aliphatic rings. The van der Waals surface area contributed by atoms with Crippen molar-refractivity contribution in [3.05, 3.63) is 57.1 Å². The van der Waals surface area contributed by atoms with E-state index in [1.54, 1.807) is 13.8 Å². The summed E-state index contributed by atoms with van der Waals surface area (Å²) >= 11 is 2.53. The van der Waals surface area contributed by atoms with Crippen LogP contribution in [0.1, 0.15) is 40.8 Å². The molecule has 0 aliphatic carbocycles. The van der Waals surface area contributed by atoms with Gasteiger partial charge in [0.05, 0.1) is 30.4 Å². The number of carbonyl (C=O) groups is 3. The number of rotatable bonds is 8. The molecule has 2 aromatic rings. The van der Waals surface area contributed by atoms with Crippen LogP contribution in [-0.2, 0) is 14.3 Å². The van der Waals surface area contributed by atoms with E-state index < -0.39 is 24.0 Å². The number of thiophene rings is 1. The Kier molecular flexibility index (Phi) is 7.86. The van der Waals surface area contributed by atoms with Crippen LogP contribution in [0.2, 0.25) is 0 Å². The zero-order chi connectivity index (χ0) is 23.1. The van der Waals surface area contributed by atoms with E-state index in [1.807, 2.05) is 23.6 Å². The lowest BCUT2D eigenvalue weighted by atomic mass is 10.0. The van der Waals surface area contributed by atoms with Gasteiger partial charge in [-0.2, -0.15) is 5.26 Å². The predicted molar refractivity (Wildman–Crippen MR) is 118 cm³/mol. The van der Waals surface area contributed by atoms with Gasteiger partial charge in [0, 0.05) is 16.3 Å². The molecule has 0 spiro atoms. The van der Waals surface area contributed by atoms with E-state index in [0.29, 0.717) is 5.70 Å². The molecule has 0 fully saturated rings. The van der Waals surface area contributed by atoms with E-state index in [-0.39, 0.29) is 40.8 Å².